The second kappa shape index (κ2) is 6.22. The molecular formula is C13H20F2N2O. The number of benzene rings is 1. The minimum absolute atomic E-state index is 0.0782. The van der Waals surface area contributed by atoms with Gasteiger partial charge in [0.1, 0.15) is 11.6 Å². The van der Waals surface area contributed by atoms with E-state index in [0.29, 0.717) is 12.8 Å². The summed E-state index contributed by atoms with van der Waals surface area (Å²) in [5, 5.41) is 0. The lowest BCUT2D eigenvalue weighted by atomic mass is 9.83. The summed E-state index contributed by atoms with van der Waals surface area (Å²) in [5.74, 6) is 4.24. The molecule has 1 atom stereocenters. The van der Waals surface area contributed by atoms with Gasteiger partial charge in [0.15, 0.2) is 0 Å². The average Bonchev–Trinajstić information content (AvgIpc) is 2.38. The van der Waals surface area contributed by atoms with Gasteiger partial charge in [-0.2, -0.15) is 0 Å². The van der Waals surface area contributed by atoms with Gasteiger partial charge < -0.3 is 4.74 Å². The molecule has 0 aliphatic carbocycles. The van der Waals surface area contributed by atoms with Crippen LogP contribution in [0.25, 0.3) is 0 Å². The van der Waals surface area contributed by atoms with Crippen LogP contribution >= 0.6 is 0 Å². The van der Waals surface area contributed by atoms with E-state index in [1.54, 1.807) is 0 Å². The van der Waals surface area contributed by atoms with E-state index in [2.05, 4.69) is 5.43 Å². The molecule has 1 aromatic carbocycles. The van der Waals surface area contributed by atoms with Crippen LogP contribution in [-0.4, -0.2) is 12.7 Å². The van der Waals surface area contributed by atoms with Gasteiger partial charge in [0, 0.05) is 12.7 Å². The smallest absolute Gasteiger partial charge is 0.131 e. The fourth-order valence-electron chi connectivity index (χ4n) is 2.35. The zero-order valence-corrected chi connectivity index (χ0v) is 11.0. The van der Waals surface area contributed by atoms with E-state index in [1.807, 2.05) is 13.8 Å². The molecule has 0 fully saturated rings. The van der Waals surface area contributed by atoms with Crippen molar-refractivity contribution >= 4 is 0 Å². The van der Waals surface area contributed by atoms with Crippen molar-refractivity contribution < 1.29 is 13.5 Å². The van der Waals surface area contributed by atoms with Crippen molar-refractivity contribution in [3.05, 3.63) is 35.4 Å². The van der Waals surface area contributed by atoms with E-state index in [1.165, 1.54) is 25.3 Å². The summed E-state index contributed by atoms with van der Waals surface area (Å²) in [5.41, 5.74) is 1.67. The lowest BCUT2D eigenvalue weighted by Crippen LogP contribution is -2.48. The van der Waals surface area contributed by atoms with Gasteiger partial charge in [-0.25, -0.2) is 14.2 Å². The Kier molecular flexibility index (Phi) is 5.19. The van der Waals surface area contributed by atoms with Crippen LogP contribution in [0.5, 0.6) is 0 Å². The highest BCUT2D eigenvalue weighted by Crippen LogP contribution is 2.36. The molecule has 5 heteroatoms. The van der Waals surface area contributed by atoms with Crippen LogP contribution in [0, 0.1) is 11.6 Å². The summed E-state index contributed by atoms with van der Waals surface area (Å²) in [4.78, 5) is 0. The zero-order valence-electron chi connectivity index (χ0n) is 11.0. The first-order valence-corrected chi connectivity index (χ1v) is 6.01. The Morgan fingerprint density at radius 2 is 1.78 bits per heavy atom. The standard InChI is InChI=1S/C13H20F2N2O/c1-4-13(5-2,18-3)12(17-16)11-9(14)7-6-8-10(11)15/h6-8,12,17H,4-5,16H2,1-3H3. The van der Waals surface area contributed by atoms with Gasteiger partial charge in [0.25, 0.3) is 0 Å². The summed E-state index contributed by atoms with van der Waals surface area (Å²) in [6, 6.07) is 3.02. The van der Waals surface area contributed by atoms with Gasteiger partial charge in [0.05, 0.1) is 11.6 Å². The molecule has 3 N–H and O–H groups in total. The lowest BCUT2D eigenvalue weighted by molar-refractivity contribution is -0.0503. The predicted octanol–water partition coefficient (Wildman–Crippen LogP) is 2.67. The van der Waals surface area contributed by atoms with Crippen molar-refractivity contribution in [3.8, 4) is 0 Å². The molecule has 0 aliphatic heterocycles. The van der Waals surface area contributed by atoms with Crippen molar-refractivity contribution in [2.24, 2.45) is 5.84 Å². The first-order chi connectivity index (χ1) is 8.56. The third-order valence-electron chi connectivity index (χ3n) is 3.58. The molecule has 0 aliphatic rings. The molecule has 18 heavy (non-hydrogen) atoms. The minimum Gasteiger partial charge on any atom is -0.376 e. The molecule has 0 bridgehead atoms. The molecule has 0 saturated carbocycles. The van der Waals surface area contributed by atoms with Gasteiger partial charge >= 0.3 is 0 Å². The van der Waals surface area contributed by atoms with Crippen molar-refractivity contribution in [1.82, 2.24) is 5.43 Å². The van der Waals surface area contributed by atoms with Crippen LogP contribution in [-0.2, 0) is 4.74 Å². The van der Waals surface area contributed by atoms with Crippen LogP contribution in [0.2, 0.25) is 0 Å². The number of methoxy groups -OCH3 is 1. The number of nitrogens with one attached hydrogen (secondary N) is 1. The van der Waals surface area contributed by atoms with Gasteiger partial charge in [-0.05, 0) is 25.0 Å². The number of hydrogen-bond donors (Lipinski definition) is 2. The summed E-state index contributed by atoms with van der Waals surface area (Å²) in [6.45, 7) is 3.80. The van der Waals surface area contributed by atoms with Crippen molar-refractivity contribution in [1.29, 1.82) is 0 Å². The fourth-order valence-corrected chi connectivity index (χ4v) is 2.35. The van der Waals surface area contributed by atoms with Gasteiger partial charge in [-0.3, -0.25) is 5.84 Å². The van der Waals surface area contributed by atoms with Crippen molar-refractivity contribution in [3.63, 3.8) is 0 Å². The molecule has 0 radical (unpaired) electrons. The highest BCUT2D eigenvalue weighted by Gasteiger charge is 2.39. The largest absolute Gasteiger partial charge is 0.376 e. The second-order valence-corrected chi connectivity index (χ2v) is 4.21. The number of hydrazine groups is 1. The predicted molar refractivity (Wildman–Crippen MR) is 66.7 cm³/mol. The molecule has 0 spiro atoms. The second-order valence-electron chi connectivity index (χ2n) is 4.21. The van der Waals surface area contributed by atoms with Gasteiger partial charge in [-0.1, -0.05) is 19.9 Å². The van der Waals surface area contributed by atoms with E-state index in [-0.39, 0.29) is 5.56 Å². The molecule has 0 aromatic heterocycles. The molecule has 3 nitrogen and oxygen atoms in total. The number of rotatable bonds is 6. The van der Waals surface area contributed by atoms with E-state index >= 15 is 0 Å². The van der Waals surface area contributed by atoms with Crippen molar-refractivity contribution in [2.45, 2.75) is 38.3 Å². The molecule has 1 aromatic rings. The summed E-state index contributed by atoms with van der Waals surface area (Å²) in [6.07, 6.45) is 1.17. The third-order valence-corrected chi connectivity index (χ3v) is 3.58. The van der Waals surface area contributed by atoms with E-state index in [0.717, 1.165) is 0 Å². The molecule has 1 rings (SSSR count). The monoisotopic (exact) mass is 258 g/mol. The van der Waals surface area contributed by atoms with Gasteiger partial charge in [-0.15, -0.1) is 0 Å². The normalized spacial score (nSPS) is 13.7. The number of ether oxygens (including phenoxy) is 1. The first kappa shape index (κ1) is 15.0. The maximum atomic E-state index is 13.8. The molecule has 0 heterocycles. The van der Waals surface area contributed by atoms with Crippen LogP contribution < -0.4 is 11.3 Å². The SMILES string of the molecule is CCC(CC)(OC)C(NN)c1c(F)cccc1F. The summed E-state index contributed by atoms with van der Waals surface area (Å²) in [7, 11) is 1.52. The quantitative estimate of drug-likeness (QED) is 0.609. The Balaban J connectivity index is 3.32. The third kappa shape index (κ3) is 2.53. The molecule has 102 valence electrons. The molecule has 1 unspecified atom stereocenters. The number of halogens is 2. The minimum atomic E-state index is -0.738. The van der Waals surface area contributed by atoms with Gasteiger partial charge in [0.2, 0.25) is 0 Å². The Morgan fingerprint density at radius 1 is 1.28 bits per heavy atom. The Bertz CT molecular complexity index is 366. The number of hydrogen-bond acceptors (Lipinski definition) is 3. The van der Waals surface area contributed by atoms with E-state index < -0.39 is 23.3 Å². The Labute approximate surface area is 106 Å². The highest BCUT2D eigenvalue weighted by molar-refractivity contribution is 5.26. The van der Waals surface area contributed by atoms with E-state index in [9.17, 15) is 8.78 Å². The Hall–Kier alpha value is -1.04. The topological polar surface area (TPSA) is 47.3 Å². The molecule has 0 amide bonds. The van der Waals surface area contributed by atoms with E-state index in [4.69, 9.17) is 10.6 Å². The van der Waals surface area contributed by atoms with Crippen molar-refractivity contribution in [2.75, 3.05) is 7.11 Å². The van der Waals surface area contributed by atoms with Crippen LogP contribution in [0.15, 0.2) is 18.2 Å². The lowest BCUT2D eigenvalue weighted by Gasteiger charge is -2.38. The maximum Gasteiger partial charge on any atom is 0.131 e. The summed E-state index contributed by atoms with van der Waals surface area (Å²) < 4.78 is 33.1. The zero-order chi connectivity index (χ0) is 13.8. The first-order valence-electron chi connectivity index (χ1n) is 6.01. The van der Waals surface area contributed by atoms with Crippen LogP contribution in [0.3, 0.4) is 0 Å². The van der Waals surface area contributed by atoms with Crippen LogP contribution in [0.4, 0.5) is 8.78 Å². The maximum absolute atomic E-state index is 13.8. The molecular weight excluding hydrogens is 238 g/mol. The fraction of sp³-hybridized carbons (Fsp3) is 0.538. The molecule has 0 saturated heterocycles. The highest BCUT2D eigenvalue weighted by atomic mass is 19.1. The number of nitrogens with two attached hydrogens (primary N) is 1. The Morgan fingerprint density at radius 3 is 2.11 bits per heavy atom. The summed E-state index contributed by atoms with van der Waals surface area (Å²) >= 11 is 0. The average molecular weight is 258 g/mol. The van der Waals surface area contributed by atoms with Crippen LogP contribution in [0.1, 0.15) is 38.3 Å².